The fourth-order valence-electron chi connectivity index (χ4n) is 1.94. The molecule has 1 heterocycles. The second-order valence-corrected chi connectivity index (χ2v) is 5.56. The molecule has 8 nitrogen and oxygen atoms in total. The van der Waals surface area contributed by atoms with Crippen molar-refractivity contribution >= 4 is 35.0 Å². The predicted molar refractivity (Wildman–Crippen MR) is 88.9 cm³/mol. The van der Waals surface area contributed by atoms with E-state index in [9.17, 15) is 14.4 Å². The maximum Gasteiger partial charge on any atom is 0.271 e. The van der Waals surface area contributed by atoms with Crippen molar-refractivity contribution < 1.29 is 14.4 Å². The molecule has 0 aliphatic rings. The first-order valence-corrected chi connectivity index (χ1v) is 7.39. The molecule has 5 N–H and O–H groups in total. The number of carbonyl (C=O) groups excluding carboxylic acids is 3. The summed E-state index contributed by atoms with van der Waals surface area (Å²) in [5.41, 5.74) is 6.17. The van der Waals surface area contributed by atoms with E-state index in [1.165, 1.54) is 6.92 Å². The molecule has 1 aromatic heterocycles. The number of halogens is 1. The summed E-state index contributed by atoms with van der Waals surface area (Å²) in [6.45, 7) is 3.15. The Hall–Kier alpha value is -2.87. The number of nitrogens with two attached hydrogens (primary N) is 1. The standard InChI is InChI=1S/C15H16ClN5O3/c1-7-11(12(13(17)22)21-20-7)19-14(23)8(2)18-15(24)9-3-5-10(16)6-4-9/h3-6,8H,1-2H3,(H2,17,22)(H,18,24)(H,19,23)(H,20,21)/t8-/m1/s1. The highest BCUT2D eigenvalue weighted by Gasteiger charge is 2.21. The maximum atomic E-state index is 12.2. The van der Waals surface area contributed by atoms with Crippen molar-refractivity contribution in [2.24, 2.45) is 5.73 Å². The van der Waals surface area contributed by atoms with Gasteiger partial charge < -0.3 is 16.4 Å². The van der Waals surface area contributed by atoms with Gasteiger partial charge in [-0.3, -0.25) is 19.5 Å². The molecule has 0 spiro atoms. The van der Waals surface area contributed by atoms with Crippen LogP contribution >= 0.6 is 11.6 Å². The quantitative estimate of drug-likeness (QED) is 0.646. The first kappa shape index (κ1) is 17.5. The SMILES string of the molecule is Cc1[nH]nc(C(N)=O)c1NC(=O)[C@@H](C)NC(=O)c1ccc(Cl)cc1. The number of primary amides is 1. The van der Waals surface area contributed by atoms with Crippen LogP contribution in [-0.2, 0) is 4.79 Å². The van der Waals surface area contributed by atoms with Crippen LogP contribution < -0.4 is 16.4 Å². The number of anilines is 1. The molecule has 3 amide bonds. The van der Waals surface area contributed by atoms with Crippen LogP contribution in [0.2, 0.25) is 5.02 Å². The predicted octanol–water partition coefficient (Wildman–Crippen LogP) is 1.23. The molecule has 1 atom stereocenters. The Morgan fingerprint density at radius 2 is 1.88 bits per heavy atom. The van der Waals surface area contributed by atoms with E-state index in [2.05, 4.69) is 20.8 Å². The molecule has 2 rings (SSSR count). The van der Waals surface area contributed by atoms with Crippen LogP contribution in [0.4, 0.5) is 5.69 Å². The summed E-state index contributed by atoms with van der Waals surface area (Å²) in [5.74, 6) is -1.70. The van der Waals surface area contributed by atoms with Gasteiger partial charge in [0.2, 0.25) is 5.91 Å². The fourth-order valence-corrected chi connectivity index (χ4v) is 2.06. The van der Waals surface area contributed by atoms with Gasteiger partial charge in [-0.2, -0.15) is 5.10 Å². The third-order valence-electron chi connectivity index (χ3n) is 3.28. The van der Waals surface area contributed by atoms with E-state index in [1.807, 2.05) is 0 Å². The van der Waals surface area contributed by atoms with Gasteiger partial charge in [0.25, 0.3) is 11.8 Å². The Kier molecular flexibility index (Phi) is 5.20. The van der Waals surface area contributed by atoms with Gasteiger partial charge in [-0.1, -0.05) is 11.6 Å². The van der Waals surface area contributed by atoms with E-state index in [0.29, 0.717) is 16.3 Å². The smallest absolute Gasteiger partial charge is 0.271 e. The summed E-state index contributed by atoms with van der Waals surface area (Å²) < 4.78 is 0. The number of nitrogens with one attached hydrogen (secondary N) is 3. The molecule has 0 aliphatic heterocycles. The molecule has 0 radical (unpaired) electrons. The minimum atomic E-state index is -0.844. The second kappa shape index (κ2) is 7.14. The second-order valence-electron chi connectivity index (χ2n) is 5.13. The zero-order valence-electron chi connectivity index (χ0n) is 13.0. The van der Waals surface area contributed by atoms with Gasteiger partial charge in [0.05, 0.1) is 11.4 Å². The van der Waals surface area contributed by atoms with E-state index < -0.39 is 23.8 Å². The molecule has 0 saturated carbocycles. The van der Waals surface area contributed by atoms with E-state index in [4.69, 9.17) is 17.3 Å². The van der Waals surface area contributed by atoms with Crippen LogP contribution in [0.25, 0.3) is 0 Å². The van der Waals surface area contributed by atoms with Gasteiger partial charge in [-0.05, 0) is 38.1 Å². The minimum absolute atomic E-state index is 0.0722. The van der Waals surface area contributed by atoms with E-state index >= 15 is 0 Å². The number of hydrogen-bond acceptors (Lipinski definition) is 4. The highest BCUT2D eigenvalue weighted by atomic mass is 35.5. The van der Waals surface area contributed by atoms with Crippen molar-refractivity contribution in [2.75, 3.05) is 5.32 Å². The molecule has 9 heteroatoms. The Morgan fingerprint density at radius 3 is 2.46 bits per heavy atom. The minimum Gasteiger partial charge on any atom is -0.364 e. The zero-order valence-corrected chi connectivity index (χ0v) is 13.8. The first-order valence-electron chi connectivity index (χ1n) is 7.01. The number of benzene rings is 1. The third-order valence-corrected chi connectivity index (χ3v) is 3.53. The first-order chi connectivity index (χ1) is 11.3. The average Bonchev–Trinajstić information content (AvgIpc) is 2.89. The fraction of sp³-hybridized carbons (Fsp3) is 0.200. The van der Waals surface area contributed by atoms with Crippen molar-refractivity contribution in [2.45, 2.75) is 19.9 Å². The maximum absolute atomic E-state index is 12.2. The molecule has 0 fully saturated rings. The van der Waals surface area contributed by atoms with E-state index in [0.717, 1.165) is 0 Å². The number of hydrogen-bond donors (Lipinski definition) is 4. The lowest BCUT2D eigenvalue weighted by atomic mass is 10.2. The Labute approximate surface area is 142 Å². The molecular formula is C15H16ClN5O3. The van der Waals surface area contributed by atoms with Gasteiger partial charge in [0, 0.05) is 10.6 Å². The summed E-state index contributed by atoms with van der Waals surface area (Å²) in [7, 11) is 0. The van der Waals surface area contributed by atoms with E-state index in [1.54, 1.807) is 31.2 Å². The van der Waals surface area contributed by atoms with Crippen molar-refractivity contribution in [1.82, 2.24) is 15.5 Å². The number of aromatic nitrogens is 2. The normalized spacial score (nSPS) is 11.6. The molecule has 24 heavy (non-hydrogen) atoms. The lowest BCUT2D eigenvalue weighted by molar-refractivity contribution is -0.117. The molecule has 0 bridgehead atoms. The highest BCUT2D eigenvalue weighted by Crippen LogP contribution is 2.17. The molecule has 0 saturated heterocycles. The molecule has 0 unspecified atom stereocenters. The van der Waals surface area contributed by atoms with Crippen LogP contribution in [0, 0.1) is 6.92 Å². The highest BCUT2D eigenvalue weighted by molar-refractivity contribution is 6.30. The lowest BCUT2D eigenvalue weighted by Crippen LogP contribution is -2.41. The number of carbonyl (C=O) groups is 3. The number of rotatable bonds is 5. The van der Waals surface area contributed by atoms with Crippen LogP contribution in [0.5, 0.6) is 0 Å². The molecule has 2 aromatic rings. The van der Waals surface area contributed by atoms with Gasteiger partial charge in [0.1, 0.15) is 6.04 Å². The zero-order chi connectivity index (χ0) is 17.9. The van der Waals surface area contributed by atoms with Crippen LogP contribution in [0.3, 0.4) is 0 Å². The monoisotopic (exact) mass is 349 g/mol. The van der Waals surface area contributed by atoms with Crippen molar-refractivity contribution in [3.05, 3.63) is 46.2 Å². The van der Waals surface area contributed by atoms with Crippen LogP contribution in [0.1, 0.15) is 33.5 Å². The van der Waals surface area contributed by atoms with Crippen molar-refractivity contribution in [3.8, 4) is 0 Å². The van der Waals surface area contributed by atoms with Gasteiger partial charge in [0.15, 0.2) is 5.69 Å². The topological polar surface area (TPSA) is 130 Å². The van der Waals surface area contributed by atoms with E-state index in [-0.39, 0.29) is 11.4 Å². The number of aryl methyl sites for hydroxylation is 1. The Bertz CT molecular complexity index is 785. The third kappa shape index (κ3) is 3.90. The largest absolute Gasteiger partial charge is 0.364 e. The van der Waals surface area contributed by atoms with Crippen LogP contribution in [-0.4, -0.2) is 34.0 Å². The van der Waals surface area contributed by atoms with Crippen LogP contribution in [0.15, 0.2) is 24.3 Å². The summed E-state index contributed by atoms with van der Waals surface area (Å²) in [4.78, 5) is 35.6. The number of nitrogens with zero attached hydrogens (tertiary/aromatic N) is 1. The van der Waals surface area contributed by atoms with Crippen molar-refractivity contribution in [1.29, 1.82) is 0 Å². The molecule has 0 aliphatic carbocycles. The Balaban J connectivity index is 2.05. The summed E-state index contributed by atoms with van der Waals surface area (Å²) in [6, 6.07) is 5.41. The van der Waals surface area contributed by atoms with Crippen molar-refractivity contribution in [3.63, 3.8) is 0 Å². The van der Waals surface area contributed by atoms with Gasteiger partial charge in [-0.25, -0.2) is 0 Å². The summed E-state index contributed by atoms with van der Waals surface area (Å²) >= 11 is 5.76. The number of aromatic amines is 1. The summed E-state index contributed by atoms with van der Waals surface area (Å²) in [5, 5.41) is 11.9. The number of amides is 3. The number of H-pyrrole nitrogens is 1. The lowest BCUT2D eigenvalue weighted by Gasteiger charge is -2.14. The molecule has 1 aromatic carbocycles. The molecular weight excluding hydrogens is 334 g/mol. The average molecular weight is 350 g/mol. The van der Waals surface area contributed by atoms with Gasteiger partial charge >= 0.3 is 0 Å². The van der Waals surface area contributed by atoms with Gasteiger partial charge in [-0.15, -0.1) is 0 Å². The Morgan fingerprint density at radius 1 is 1.25 bits per heavy atom. The summed E-state index contributed by atoms with van der Waals surface area (Å²) in [6.07, 6.45) is 0. The molecule has 126 valence electrons.